The van der Waals surface area contributed by atoms with E-state index in [-0.39, 0.29) is 5.56 Å². The van der Waals surface area contributed by atoms with E-state index in [1.165, 1.54) is 12.1 Å². The van der Waals surface area contributed by atoms with Crippen LogP contribution in [0.15, 0.2) is 36.4 Å². The van der Waals surface area contributed by atoms with Gasteiger partial charge in [-0.15, -0.1) is 0 Å². The molecule has 0 spiro atoms. The molecule has 0 aliphatic rings. The lowest BCUT2D eigenvalue weighted by molar-refractivity contribution is 0.102. The number of anilines is 1. The van der Waals surface area contributed by atoms with Gasteiger partial charge in [-0.2, -0.15) is 0 Å². The summed E-state index contributed by atoms with van der Waals surface area (Å²) in [5.74, 6) is -0.993. The molecule has 110 valence electrons. The minimum absolute atomic E-state index is 0.0292. The first-order valence-electron chi connectivity index (χ1n) is 6.94. The standard InChI is InChI=1S/C17H17ClFNO/c1-3-11-9-10-14(18)12(4-2)16(11)20-17(21)13-7-5-6-8-15(13)19/h5-10H,3-4H2,1-2H3,(H,20,21). The summed E-state index contributed by atoms with van der Waals surface area (Å²) in [5, 5.41) is 3.43. The van der Waals surface area contributed by atoms with Crippen molar-refractivity contribution in [3.05, 3.63) is 63.9 Å². The number of amides is 1. The van der Waals surface area contributed by atoms with Crippen molar-refractivity contribution in [1.29, 1.82) is 0 Å². The van der Waals surface area contributed by atoms with Crippen LogP contribution in [0.25, 0.3) is 0 Å². The van der Waals surface area contributed by atoms with Crippen molar-refractivity contribution in [1.82, 2.24) is 0 Å². The molecule has 2 rings (SSSR count). The Morgan fingerprint density at radius 2 is 1.86 bits per heavy atom. The highest BCUT2D eigenvalue weighted by molar-refractivity contribution is 6.32. The Labute approximate surface area is 128 Å². The van der Waals surface area contributed by atoms with Gasteiger partial charge in [-0.1, -0.05) is 43.6 Å². The number of hydrogen-bond donors (Lipinski definition) is 1. The van der Waals surface area contributed by atoms with Crippen LogP contribution in [-0.4, -0.2) is 5.91 Å². The second-order valence-corrected chi connectivity index (χ2v) is 5.11. The minimum atomic E-state index is -0.534. The number of aryl methyl sites for hydroxylation is 1. The van der Waals surface area contributed by atoms with Crippen LogP contribution in [0, 0.1) is 5.82 Å². The van der Waals surface area contributed by atoms with Crippen molar-refractivity contribution in [3.8, 4) is 0 Å². The summed E-state index contributed by atoms with van der Waals surface area (Å²) >= 11 is 6.19. The van der Waals surface area contributed by atoms with Crippen LogP contribution in [0.3, 0.4) is 0 Å². The van der Waals surface area contributed by atoms with Gasteiger partial charge in [-0.25, -0.2) is 4.39 Å². The van der Waals surface area contributed by atoms with E-state index in [9.17, 15) is 9.18 Å². The zero-order chi connectivity index (χ0) is 15.4. The van der Waals surface area contributed by atoms with E-state index < -0.39 is 11.7 Å². The highest BCUT2D eigenvalue weighted by Gasteiger charge is 2.16. The molecular formula is C17H17ClFNO. The van der Waals surface area contributed by atoms with Gasteiger partial charge in [0.05, 0.1) is 5.56 Å². The van der Waals surface area contributed by atoms with E-state index in [1.54, 1.807) is 12.1 Å². The van der Waals surface area contributed by atoms with Crippen LogP contribution < -0.4 is 5.32 Å². The Bertz CT molecular complexity index is 670. The van der Waals surface area contributed by atoms with Gasteiger partial charge < -0.3 is 5.32 Å². The smallest absolute Gasteiger partial charge is 0.258 e. The fourth-order valence-electron chi connectivity index (χ4n) is 2.29. The summed E-state index contributed by atoms with van der Waals surface area (Å²) in [6.07, 6.45) is 1.45. The number of rotatable bonds is 4. The van der Waals surface area contributed by atoms with E-state index in [0.29, 0.717) is 17.1 Å². The van der Waals surface area contributed by atoms with Gasteiger partial charge in [0.1, 0.15) is 5.82 Å². The average molecular weight is 306 g/mol. The predicted octanol–water partition coefficient (Wildman–Crippen LogP) is 4.86. The maximum Gasteiger partial charge on any atom is 0.258 e. The molecule has 0 aliphatic carbocycles. The molecule has 0 bridgehead atoms. The molecule has 0 unspecified atom stereocenters. The van der Waals surface area contributed by atoms with Gasteiger partial charge in [-0.3, -0.25) is 4.79 Å². The number of halogens is 2. The first-order chi connectivity index (χ1) is 10.1. The van der Waals surface area contributed by atoms with Crippen molar-refractivity contribution in [2.45, 2.75) is 26.7 Å². The first kappa shape index (κ1) is 15.5. The quantitative estimate of drug-likeness (QED) is 0.859. The van der Waals surface area contributed by atoms with E-state index >= 15 is 0 Å². The van der Waals surface area contributed by atoms with Crippen molar-refractivity contribution in [2.75, 3.05) is 5.32 Å². The van der Waals surface area contributed by atoms with Crippen LogP contribution in [0.5, 0.6) is 0 Å². The van der Waals surface area contributed by atoms with Crippen LogP contribution in [0.2, 0.25) is 5.02 Å². The molecule has 0 saturated heterocycles. The third-order valence-electron chi connectivity index (χ3n) is 3.43. The molecule has 0 aromatic heterocycles. The van der Waals surface area contributed by atoms with E-state index in [1.807, 2.05) is 26.0 Å². The second-order valence-electron chi connectivity index (χ2n) is 4.70. The van der Waals surface area contributed by atoms with Crippen molar-refractivity contribution < 1.29 is 9.18 Å². The highest BCUT2D eigenvalue weighted by Crippen LogP contribution is 2.30. The third kappa shape index (κ3) is 3.24. The van der Waals surface area contributed by atoms with Gasteiger partial charge in [0.15, 0.2) is 0 Å². The molecule has 2 aromatic carbocycles. The van der Waals surface area contributed by atoms with E-state index in [2.05, 4.69) is 5.32 Å². The first-order valence-corrected chi connectivity index (χ1v) is 7.32. The molecule has 2 nitrogen and oxygen atoms in total. The highest BCUT2D eigenvalue weighted by atomic mass is 35.5. The van der Waals surface area contributed by atoms with Crippen LogP contribution >= 0.6 is 11.6 Å². The third-order valence-corrected chi connectivity index (χ3v) is 3.79. The van der Waals surface area contributed by atoms with Crippen LogP contribution in [0.4, 0.5) is 10.1 Å². The zero-order valence-electron chi connectivity index (χ0n) is 12.0. The Kier molecular flexibility index (Phi) is 4.97. The van der Waals surface area contributed by atoms with E-state index in [4.69, 9.17) is 11.6 Å². The number of hydrogen-bond acceptors (Lipinski definition) is 1. The fourth-order valence-corrected chi connectivity index (χ4v) is 2.58. The summed E-state index contributed by atoms with van der Waals surface area (Å²) in [4.78, 5) is 12.3. The van der Waals surface area contributed by atoms with Gasteiger partial charge >= 0.3 is 0 Å². The number of nitrogens with one attached hydrogen (secondary N) is 1. The predicted molar refractivity (Wildman–Crippen MR) is 84.6 cm³/mol. The lowest BCUT2D eigenvalue weighted by atomic mass is 10.0. The largest absolute Gasteiger partial charge is 0.321 e. The molecule has 1 amide bonds. The fraction of sp³-hybridized carbons (Fsp3) is 0.235. The lowest BCUT2D eigenvalue weighted by Crippen LogP contribution is -2.16. The molecule has 0 atom stereocenters. The number of carbonyl (C=O) groups excluding carboxylic acids is 1. The maximum atomic E-state index is 13.7. The average Bonchev–Trinajstić information content (AvgIpc) is 2.48. The summed E-state index contributed by atoms with van der Waals surface area (Å²) in [7, 11) is 0. The second kappa shape index (κ2) is 6.72. The molecular weight excluding hydrogens is 289 g/mol. The van der Waals surface area contributed by atoms with Crippen LogP contribution in [-0.2, 0) is 12.8 Å². The molecule has 0 radical (unpaired) electrons. The van der Waals surface area contributed by atoms with E-state index in [0.717, 1.165) is 17.5 Å². The monoisotopic (exact) mass is 305 g/mol. The SMILES string of the molecule is CCc1ccc(Cl)c(CC)c1NC(=O)c1ccccc1F. The molecule has 4 heteroatoms. The van der Waals surface area contributed by atoms with Gasteiger partial charge in [0.2, 0.25) is 0 Å². The van der Waals surface area contributed by atoms with Crippen molar-refractivity contribution in [3.63, 3.8) is 0 Å². The molecule has 21 heavy (non-hydrogen) atoms. The van der Waals surface area contributed by atoms with Crippen molar-refractivity contribution in [2.24, 2.45) is 0 Å². The van der Waals surface area contributed by atoms with Crippen LogP contribution in [0.1, 0.15) is 35.3 Å². The Hall–Kier alpha value is -1.87. The normalized spacial score (nSPS) is 10.5. The topological polar surface area (TPSA) is 29.1 Å². The van der Waals surface area contributed by atoms with Crippen molar-refractivity contribution >= 4 is 23.2 Å². The summed E-state index contributed by atoms with van der Waals surface area (Å²) in [6, 6.07) is 9.65. The maximum absolute atomic E-state index is 13.7. The number of carbonyl (C=O) groups is 1. The summed E-state index contributed by atoms with van der Waals surface area (Å²) in [5.41, 5.74) is 2.59. The number of benzene rings is 2. The minimum Gasteiger partial charge on any atom is -0.321 e. The molecule has 0 heterocycles. The molecule has 2 aromatic rings. The Balaban J connectivity index is 2.41. The summed E-state index contributed by atoms with van der Waals surface area (Å²) < 4.78 is 13.7. The Morgan fingerprint density at radius 1 is 1.14 bits per heavy atom. The lowest BCUT2D eigenvalue weighted by Gasteiger charge is -2.16. The van der Waals surface area contributed by atoms with Gasteiger partial charge in [0, 0.05) is 10.7 Å². The molecule has 0 aliphatic heterocycles. The molecule has 0 fully saturated rings. The Morgan fingerprint density at radius 3 is 2.48 bits per heavy atom. The van der Waals surface area contributed by atoms with Gasteiger partial charge in [-0.05, 0) is 42.2 Å². The molecule has 1 N–H and O–H groups in total. The zero-order valence-corrected chi connectivity index (χ0v) is 12.8. The summed E-state index contributed by atoms with van der Waals surface area (Å²) in [6.45, 7) is 3.97. The molecule has 0 saturated carbocycles. The van der Waals surface area contributed by atoms with Gasteiger partial charge in [0.25, 0.3) is 5.91 Å².